The van der Waals surface area contributed by atoms with Gasteiger partial charge in [0.2, 0.25) is 0 Å². The molecule has 0 aliphatic heterocycles. The summed E-state index contributed by atoms with van der Waals surface area (Å²) in [7, 11) is 0. The summed E-state index contributed by atoms with van der Waals surface area (Å²) < 4.78 is 10.7. The molecule has 188 valence electrons. The summed E-state index contributed by atoms with van der Waals surface area (Å²) in [5.74, 6) is 5.19. The largest absolute Gasteiger partial charge is 0.508 e. The van der Waals surface area contributed by atoms with Crippen molar-refractivity contribution in [3.8, 4) is 0 Å². The summed E-state index contributed by atoms with van der Waals surface area (Å²) in [6.07, 6.45) is 16.3. The van der Waals surface area contributed by atoms with Crippen molar-refractivity contribution in [1.29, 1.82) is 0 Å². The number of carbonyl (C=O) groups is 1. The van der Waals surface area contributed by atoms with E-state index >= 15 is 0 Å². The Labute approximate surface area is 203 Å². The molecule has 0 N–H and O–H groups in total. The van der Waals surface area contributed by atoms with E-state index in [-0.39, 0.29) is 6.10 Å². The van der Waals surface area contributed by atoms with Gasteiger partial charge in [-0.3, -0.25) is 0 Å². The standard InChI is InChI=1S/C30H50O3/c1-7-32-28(31)33-23-15-17-29(5)22(19-23)11-12-24-26-14-13-25(21(4)10-8-9-20(2)3)30(26,6)18-16-27(24)29/h11,20-21,23-27H,7-10,12-19H2,1-6H3/t21-,23?,24+,25-,26+,27+,29?,30-/m1/s1. The lowest BCUT2D eigenvalue weighted by atomic mass is 9.47. The molecule has 4 rings (SSSR count). The van der Waals surface area contributed by atoms with Crippen molar-refractivity contribution < 1.29 is 14.3 Å². The molecule has 33 heavy (non-hydrogen) atoms. The molecule has 0 radical (unpaired) electrons. The van der Waals surface area contributed by atoms with Crippen LogP contribution in [-0.4, -0.2) is 18.9 Å². The third-order valence-corrected chi connectivity index (χ3v) is 10.8. The highest BCUT2D eigenvalue weighted by atomic mass is 16.7. The fourth-order valence-corrected chi connectivity index (χ4v) is 9.04. The first-order valence-corrected chi connectivity index (χ1v) is 14.2. The third-order valence-electron chi connectivity index (χ3n) is 10.8. The van der Waals surface area contributed by atoms with E-state index in [1.807, 2.05) is 6.92 Å². The van der Waals surface area contributed by atoms with Crippen molar-refractivity contribution in [3.05, 3.63) is 11.6 Å². The molecule has 3 heteroatoms. The second-order valence-corrected chi connectivity index (χ2v) is 13.0. The Morgan fingerprint density at radius 2 is 1.85 bits per heavy atom. The summed E-state index contributed by atoms with van der Waals surface area (Å²) >= 11 is 0. The lowest BCUT2D eigenvalue weighted by molar-refractivity contribution is -0.0615. The number of hydrogen-bond donors (Lipinski definition) is 0. The van der Waals surface area contributed by atoms with Crippen LogP contribution in [0.25, 0.3) is 0 Å². The van der Waals surface area contributed by atoms with Crippen molar-refractivity contribution in [1.82, 2.24) is 0 Å². The van der Waals surface area contributed by atoms with E-state index in [1.165, 1.54) is 51.4 Å². The Kier molecular flexibility index (Phi) is 7.56. The monoisotopic (exact) mass is 458 g/mol. The van der Waals surface area contributed by atoms with Crippen molar-refractivity contribution in [3.63, 3.8) is 0 Å². The minimum absolute atomic E-state index is 0.00340. The molecule has 8 atom stereocenters. The zero-order valence-corrected chi connectivity index (χ0v) is 22.3. The molecular weight excluding hydrogens is 408 g/mol. The van der Waals surface area contributed by atoms with Crippen molar-refractivity contribution in [2.45, 2.75) is 118 Å². The lowest BCUT2D eigenvalue weighted by Gasteiger charge is -2.58. The highest BCUT2D eigenvalue weighted by Gasteiger charge is 2.59. The van der Waals surface area contributed by atoms with Gasteiger partial charge in [0.1, 0.15) is 6.10 Å². The average Bonchev–Trinajstić information content (AvgIpc) is 3.11. The normalized spacial score (nSPS) is 40.9. The lowest BCUT2D eigenvalue weighted by Crippen LogP contribution is -2.51. The van der Waals surface area contributed by atoms with Gasteiger partial charge in [-0.2, -0.15) is 0 Å². The molecule has 2 unspecified atom stereocenters. The van der Waals surface area contributed by atoms with E-state index in [0.29, 0.717) is 17.4 Å². The molecule has 4 aliphatic rings. The minimum atomic E-state index is -0.492. The predicted molar refractivity (Wildman–Crippen MR) is 135 cm³/mol. The Balaban J connectivity index is 1.43. The molecule has 0 aromatic heterocycles. The van der Waals surface area contributed by atoms with E-state index < -0.39 is 6.16 Å². The van der Waals surface area contributed by atoms with Crippen molar-refractivity contribution in [2.24, 2.45) is 46.3 Å². The van der Waals surface area contributed by atoms with Crippen LogP contribution in [0.3, 0.4) is 0 Å². The topological polar surface area (TPSA) is 35.5 Å². The van der Waals surface area contributed by atoms with Crippen LogP contribution in [0, 0.1) is 46.3 Å². The maximum Gasteiger partial charge on any atom is 0.508 e. The van der Waals surface area contributed by atoms with Crippen LogP contribution >= 0.6 is 0 Å². The van der Waals surface area contributed by atoms with Crippen LogP contribution in [0.15, 0.2) is 11.6 Å². The molecule has 0 bridgehead atoms. The maximum atomic E-state index is 11.9. The second-order valence-electron chi connectivity index (χ2n) is 13.0. The number of rotatable bonds is 7. The summed E-state index contributed by atoms with van der Waals surface area (Å²) in [4.78, 5) is 11.9. The van der Waals surface area contributed by atoms with Gasteiger partial charge in [0, 0.05) is 6.42 Å². The first kappa shape index (κ1) is 25.1. The Morgan fingerprint density at radius 1 is 1.06 bits per heavy atom. The summed E-state index contributed by atoms with van der Waals surface area (Å²) in [6, 6.07) is 0. The van der Waals surface area contributed by atoms with Crippen LogP contribution in [0.1, 0.15) is 112 Å². The third kappa shape index (κ3) is 4.76. The highest BCUT2D eigenvalue weighted by molar-refractivity contribution is 5.60. The summed E-state index contributed by atoms with van der Waals surface area (Å²) in [5.41, 5.74) is 2.42. The molecule has 4 aliphatic carbocycles. The zero-order valence-electron chi connectivity index (χ0n) is 22.3. The fourth-order valence-electron chi connectivity index (χ4n) is 9.04. The van der Waals surface area contributed by atoms with Crippen LogP contribution in [-0.2, 0) is 9.47 Å². The van der Waals surface area contributed by atoms with Crippen LogP contribution in [0.4, 0.5) is 4.79 Å². The maximum absolute atomic E-state index is 11.9. The van der Waals surface area contributed by atoms with E-state index in [9.17, 15) is 4.79 Å². The first-order valence-electron chi connectivity index (χ1n) is 14.2. The number of allylic oxidation sites excluding steroid dienone is 1. The van der Waals surface area contributed by atoms with Crippen molar-refractivity contribution >= 4 is 6.16 Å². The summed E-state index contributed by atoms with van der Waals surface area (Å²) in [5, 5.41) is 0. The molecule has 0 amide bonds. The molecule has 0 saturated heterocycles. The quantitative estimate of drug-likeness (QED) is 0.283. The van der Waals surface area contributed by atoms with Gasteiger partial charge >= 0.3 is 6.16 Å². The Morgan fingerprint density at radius 3 is 2.58 bits per heavy atom. The number of hydrogen-bond acceptors (Lipinski definition) is 3. The second kappa shape index (κ2) is 9.94. The van der Waals surface area contributed by atoms with E-state index in [1.54, 1.807) is 5.57 Å². The van der Waals surface area contributed by atoms with Crippen LogP contribution in [0.5, 0.6) is 0 Å². The SMILES string of the molecule is CCOC(=O)OC1CCC2(C)C(=CC[C@@H]3[C@@H]2CC[C@]2(C)[C@@H]([C@H](C)CCCC(C)C)CC[C@@H]32)C1. The molecule has 0 aromatic rings. The van der Waals surface area contributed by atoms with Gasteiger partial charge in [-0.25, -0.2) is 4.79 Å². The fraction of sp³-hybridized carbons (Fsp3) is 0.900. The van der Waals surface area contributed by atoms with Gasteiger partial charge in [-0.1, -0.05) is 65.5 Å². The molecule has 0 heterocycles. The first-order chi connectivity index (χ1) is 15.7. The van der Waals surface area contributed by atoms with Gasteiger partial charge in [0.05, 0.1) is 6.61 Å². The molecule has 3 saturated carbocycles. The summed E-state index contributed by atoms with van der Waals surface area (Å²) in [6.45, 7) is 14.7. The average molecular weight is 459 g/mol. The van der Waals surface area contributed by atoms with Gasteiger partial charge in [0.25, 0.3) is 0 Å². The minimum Gasteiger partial charge on any atom is -0.435 e. The molecule has 0 spiro atoms. The van der Waals surface area contributed by atoms with Gasteiger partial charge in [-0.05, 0) is 98.2 Å². The van der Waals surface area contributed by atoms with E-state index in [2.05, 4.69) is 40.7 Å². The van der Waals surface area contributed by atoms with Gasteiger partial charge in [0.15, 0.2) is 0 Å². The highest BCUT2D eigenvalue weighted by Crippen LogP contribution is 2.67. The van der Waals surface area contributed by atoms with Crippen molar-refractivity contribution in [2.75, 3.05) is 6.61 Å². The number of ether oxygens (including phenoxy) is 2. The molecule has 3 nitrogen and oxygen atoms in total. The Bertz CT molecular complexity index is 726. The number of fused-ring (bicyclic) bond motifs is 5. The van der Waals surface area contributed by atoms with E-state index in [4.69, 9.17) is 9.47 Å². The molecular formula is C30H50O3. The smallest absolute Gasteiger partial charge is 0.435 e. The van der Waals surface area contributed by atoms with E-state index in [0.717, 1.165) is 54.8 Å². The predicted octanol–water partition coefficient (Wildman–Crippen LogP) is 8.57. The Hall–Kier alpha value is -0.990. The van der Waals surface area contributed by atoms with Crippen LogP contribution in [0.2, 0.25) is 0 Å². The van der Waals surface area contributed by atoms with Crippen LogP contribution < -0.4 is 0 Å². The molecule has 0 aromatic carbocycles. The van der Waals surface area contributed by atoms with Gasteiger partial charge < -0.3 is 9.47 Å². The molecule has 3 fully saturated rings. The van der Waals surface area contributed by atoms with Gasteiger partial charge in [-0.15, -0.1) is 0 Å². The number of carbonyl (C=O) groups excluding carboxylic acids is 1. The zero-order chi connectivity index (χ0) is 23.8.